The summed E-state index contributed by atoms with van der Waals surface area (Å²) in [6, 6.07) is 27.3. The Morgan fingerprint density at radius 2 is 1.41 bits per heavy atom. The van der Waals surface area contributed by atoms with Crippen molar-refractivity contribution in [3.63, 3.8) is 0 Å². The molecule has 0 saturated carbocycles. The van der Waals surface area contributed by atoms with E-state index in [0.29, 0.717) is 0 Å². The minimum atomic E-state index is 0. The molecule has 1 aromatic heterocycles. The molecule has 2 heteroatoms. The first-order chi connectivity index (χ1) is 12.7. The van der Waals surface area contributed by atoms with E-state index in [-0.39, 0.29) is 20.1 Å². The third-order valence-corrected chi connectivity index (χ3v) is 5.07. The quantitative estimate of drug-likeness (QED) is 0.177. The van der Waals surface area contributed by atoms with Gasteiger partial charge in [0.15, 0.2) is 0 Å². The molecule has 0 aliphatic carbocycles. The van der Waals surface area contributed by atoms with Crippen LogP contribution in [0.1, 0.15) is 11.1 Å². The molecule has 1 nitrogen and oxygen atoms in total. The first-order valence-electron chi connectivity index (χ1n) is 8.91. The summed E-state index contributed by atoms with van der Waals surface area (Å²) < 4.78 is 0. The second-order valence-electron chi connectivity index (χ2n) is 6.96. The van der Waals surface area contributed by atoms with Gasteiger partial charge in [0.2, 0.25) is 0 Å². The van der Waals surface area contributed by atoms with Crippen LogP contribution in [0.2, 0.25) is 0 Å². The molecule has 1 radical (unpaired) electrons. The van der Waals surface area contributed by atoms with Crippen molar-refractivity contribution in [2.45, 2.75) is 13.8 Å². The minimum absolute atomic E-state index is 0. The van der Waals surface area contributed by atoms with E-state index in [9.17, 15) is 0 Å². The summed E-state index contributed by atoms with van der Waals surface area (Å²) in [7, 11) is 0. The van der Waals surface area contributed by atoms with Gasteiger partial charge >= 0.3 is 0 Å². The van der Waals surface area contributed by atoms with Gasteiger partial charge in [-0.25, -0.2) is 0 Å². The van der Waals surface area contributed by atoms with Crippen LogP contribution in [0.15, 0.2) is 72.9 Å². The first-order valence-corrected chi connectivity index (χ1v) is 8.91. The molecular formula is C25H18IrN-. The van der Waals surface area contributed by atoms with Crippen LogP contribution in [0, 0.1) is 19.9 Å². The van der Waals surface area contributed by atoms with E-state index in [4.69, 9.17) is 4.98 Å². The Kier molecular flexibility index (Phi) is 4.55. The van der Waals surface area contributed by atoms with Crippen molar-refractivity contribution in [1.29, 1.82) is 0 Å². The van der Waals surface area contributed by atoms with Crippen molar-refractivity contribution in [3.05, 3.63) is 90.1 Å². The monoisotopic (exact) mass is 525 g/mol. The predicted octanol–water partition coefficient (Wildman–Crippen LogP) is 6.62. The number of benzene rings is 4. The van der Waals surface area contributed by atoms with Crippen molar-refractivity contribution >= 4 is 32.3 Å². The van der Waals surface area contributed by atoms with E-state index in [1.807, 2.05) is 6.20 Å². The Hall–Kier alpha value is -2.54. The van der Waals surface area contributed by atoms with Crippen LogP contribution in [0.3, 0.4) is 0 Å². The molecule has 0 amide bonds. The maximum atomic E-state index is 4.70. The van der Waals surface area contributed by atoms with E-state index in [0.717, 1.165) is 16.8 Å². The van der Waals surface area contributed by atoms with Crippen LogP contribution in [0.25, 0.3) is 43.6 Å². The van der Waals surface area contributed by atoms with E-state index in [1.54, 1.807) is 0 Å². The number of fused-ring (bicyclic) bond motifs is 5. The summed E-state index contributed by atoms with van der Waals surface area (Å²) in [4.78, 5) is 4.70. The molecule has 4 aromatic carbocycles. The average molecular weight is 525 g/mol. The van der Waals surface area contributed by atoms with Gasteiger partial charge in [-0.3, -0.25) is 0 Å². The van der Waals surface area contributed by atoms with Gasteiger partial charge in [0, 0.05) is 26.3 Å². The zero-order valence-electron chi connectivity index (χ0n) is 15.2. The average Bonchev–Trinajstić information content (AvgIpc) is 2.66. The Bertz CT molecular complexity index is 1280. The smallest absolute Gasteiger partial charge is 0.0167 e. The molecule has 0 atom stereocenters. The number of pyridine rings is 1. The van der Waals surface area contributed by atoms with E-state index < -0.39 is 0 Å². The fraction of sp³-hybridized carbons (Fsp3) is 0.0800. The van der Waals surface area contributed by atoms with Gasteiger partial charge in [-0.2, -0.15) is 0 Å². The van der Waals surface area contributed by atoms with Gasteiger partial charge < -0.3 is 4.98 Å². The number of hydrogen-bond donors (Lipinski definition) is 0. The SMILES string of the molecule is Cc1[c-]c(-c2nccc3c2ccc2c4ccccc4ccc32)cc(C)c1.[Ir]. The summed E-state index contributed by atoms with van der Waals surface area (Å²) in [6.07, 6.45) is 1.91. The largest absolute Gasteiger partial charge is 0.304 e. The predicted molar refractivity (Wildman–Crippen MR) is 111 cm³/mol. The zero-order valence-corrected chi connectivity index (χ0v) is 17.6. The molecule has 0 unspecified atom stereocenters. The van der Waals surface area contributed by atoms with Crippen molar-refractivity contribution in [2.24, 2.45) is 0 Å². The summed E-state index contributed by atoms with van der Waals surface area (Å²) in [6.45, 7) is 4.21. The Morgan fingerprint density at radius 3 is 2.26 bits per heavy atom. The minimum Gasteiger partial charge on any atom is -0.304 e. The van der Waals surface area contributed by atoms with Crippen LogP contribution >= 0.6 is 0 Å². The molecule has 0 N–H and O–H groups in total. The van der Waals surface area contributed by atoms with Gasteiger partial charge in [-0.15, -0.1) is 34.9 Å². The van der Waals surface area contributed by atoms with Crippen LogP contribution in [0.5, 0.6) is 0 Å². The van der Waals surface area contributed by atoms with Gasteiger partial charge in [0.1, 0.15) is 0 Å². The van der Waals surface area contributed by atoms with E-state index in [2.05, 4.69) is 86.6 Å². The van der Waals surface area contributed by atoms with Gasteiger partial charge in [0.05, 0.1) is 0 Å². The molecule has 0 aliphatic rings. The molecule has 0 aliphatic heterocycles. The number of rotatable bonds is 1. The molecule has 5 rings (SSSR count). The fourth-order valence-corrected chi connectivity index (χ4v) is 3.99. The van der Waals surface area contributed by atoms with Crippen molar-refractivity contribution in [2.75, 3.05) is 0 Å². The molecular weight excluding hydrogens is 506 g/mol. The van der Waals surface area contributed by atoms with E-state index in [1.165, 1.54) is 37.9 Å². The molecule has 5 aromatic rings. The maximum Gasteiger partial charge on any atom is 0.0167 e. The molecule has 0 spiro atoms. The van der Waals surface area contributed by atoms with Crippen LogP contribution in [0.4, 0.5) is 0 Å². The topological polar surface area (TPSA) is 12.9 Å². The summed E-state index contributed by atoms with van der Waals surface area (Å²) in [5.41, 5.74) is 4.45. The molecule has 0 bridgehead atoms. The van der Waals surface area contributed by atoms with Gasteiger partial charge in [-0.1, -0.05) is 62.4 Å². The molecule has 0 fully saturated rings. The normalized spacial score (nSPS) is 11.0. The van der Waals surface area contributed by atoms with Gasteiger partial charge in [0.25, 0.3) is 0 Å². The number of aryl methyl sites for hydroxylation is 2. The van der Waals surface area contributed by atoms with Crippen molar-refractivity contribution < 1.29 is 20.1 Å². The number of nitrogens with zero attached hydrogens (tertiary/aromatic N) is 1. The fourth-order valence-electron chi connectivity index (χ4n) is 3.99. The molecule has 27 heavy (non-hydrogen) atoms. The second-order valence-corrected chi connectivity index (χ2v) is 6.96. The molecule has 1 heterocycles. The van der Waals surface area contributed by atoms with Crippen molar-refractivity contribution in [3.8, 4) is 11.3 Å². The second kappa shape index (κ2) is 6.88. The van der Waals surface area contributed by atoms with Crippen molar-refractivity contribution in [1.82, 2.24) is 4.98 Å². The Morgan fingerprint density at radius 1 is 0.704 bits per heavy atom. The summed E-state index contributed by atoms with van der Waals surface area (Å²) in [5, 5.41) is 7.55. The summed E-state index contributed by atoms with van der Waals surface area (Å²) >= 11 is 0. The Balaban J connectivity index is 0.00000180. The van der Waals surface area contributed by atoms with Crippen LogP contribution in [-0.2, 0) is 20.1 Å². The molecule has 133 valence electrons. The van der Waals surface area contributed by atoms with E-state index >= 15 is 0 Å². The molecule has 0 saturated heterocycles. The van der Waals surface area contributed by atoms with Crippen LogP contribution < -0.4 is 0 Å². The zero-order chi connectivity index (χ0) is 17.7. The van der Waals surface area contributed by atoms with Crippen LogP contribution in [-0.4, -0.2) is 4.98 Å². The number of hydrogen-bond acceptors (Lipinski definition) is 1. The number of aromatic nitrogens is 1. The maximum absolute atomic E-state index is 4.70. The van der Waals surface area contributed by atoms with Gasteiger partial charge in [-0.05, 0) is 44.1 Å². The first kappa shape index (κ1) is 17.9. The summed E-state index contributed by atoms with van der Waals surface area (Å²) in [5.74, 6) is 0. The third kappa shape index (κ3) is 2.96. The standard InChI is InChI=1S/C25H18N.Ir/c1-16-13-17(2)15-19(14-16)25-24-10-9-21-20-6-4-3-5-18(20)7-8-22(21)23(24)11-12-26-25;/h3-14H,1-2H3;/q-1;. The third-order valence-electron chi connectivity index (χ3n) is 5.07. The Labute approximate surface area is 172 Å².